The molecule has 0 aliphatic rings. The number of rotatable bonds is 2. The van der Waals surface area contributed by atoms with Gasteiger partial charge in [0.25, 0.3) is 0 Å². The maximum Gasteiger partial charge on any atom is 0.176 e. The van der Waals surface area contributed by atoms with Crippen LogP contribution in [0.2, 0.25) is 0 Å². The lowest BCUT2D eigenvalue weighted by atomic mass is 10.1. The van der Waals surface area contributed by atoms with Crippen molar-refractivity contribution in [2.24, 2.45) is 21.9 Å². The summed E-state index contributed by atoms with van der Waals surface area (Å²) in [6, 6.07) is 7.25. The van der Waals surface area contributed by atoms with Crippen molar-refractivity contribution in [2.75, 3.05) is 0 Å². The Labute approximate surface area is 75.9 Å². The van der Waals surface area contributed by atoms with E-state index < -0.39 is 0 Å². The van der Waals surface area contributed by atoms with Gasteiger partial charge in [0.05, 0.1) is 0 Å². The summed E-state index contributed by atoms with van der Waals surface area (Å²) in [7, 11) is 0. The number of amidine groups is 1. The van der Waals surface area contributed by atoms with Crippen LogP contribution in [0.3, 0.4) is 0 Å². The van der Waals surface area contributed by atoms with Crippen LogP contribution in [0.5, 0.6) is 0 Å². The lowest BCUT2D eigenvalue weighted by Crippen LogP contribution is -2.00. The Kier molecular flexibility index (Phi) is 3.10. The topological polar surface area (TPSA) is 101 Å². The summed E-state index contributed by atoms with van der Waals surface area (Å²) in [5.41, 5.74) is 7.06. The van der Waals surface area contributed by atoms with Crippen molar-refractivity contribution in [1.82, 2.24) is 0 Å². The molecule has 0 bridgehead atoms. The molecule has 1 aromatic rings. The Morgan fingerprint density at radius 3 is 2.85 bits per heavy atom. The molecule has 0 amide bonds. The van der Waals surface area contributed by atoms with Gasteiger partial charge in [0.15, 0.2) is 5.84 Å². The molecule has 0 unspecified atom stereocenters. The SMILES string of the molecule is N=C(N=NN)c1cccc(CN)c1. The van der Waals surface area contributed by atoms with Crippen molar-refractivity contribution in [2.45, 2.75) is 6.54 Å². The lowest BCUT2D eigenvalue weighted by molar-refractivity contribution is 1.06. The molecule has 0 heterocycles. The van der Waals surface area contributed by atoms with E-state index in [9.17, 15) is 0 Å². The highest BCUT2D eigenvalue weighted by Gasteiger charge is 1.99. The molecule has 0 atom stereocenters. The van der Waals surface area contributed by atoms with Gasteiger partial charge < -0.3 is 11.6 Å². The Morgan fingerprint density at radius 2 is 2.23 bits per heavy atom. The van der Waals surface area contributed by atoms with Crippen LogP contribution in [-0.2, 0) is 6.54 Å². The highest BCUT2D eigenvalue weighted by molar-refractivity contribution is 5.96. The smallest absolute Gasteiger partial charge is 0.176 e. The van der Waals surface area contributed by atoms with Crippen LogP contribution >= 0.6 is 0 Å². The third-order valence-electron chi connectivity index (χ3n) is 1.59. The minimum Gasteiger partial charge on any atom is -0.326 e. The van der Waals surface area contributed by atoms with Gasteiger partial charge >= 0.3 is 0 Å². The number of nitrogens with zero attached hydrogens (tertiary/aromatic N) is 2. The molecular weight excluding hydrogens is 166 g/mol. The fraction of sp³-hybridized carbons (Fsp3) is 0.125. The van der Waals surface area contributed by atoms with Crippen LogP contribution in [0.1, 0.15) is 11.1 Å². The van der Waals surface area contributed by atoms with Crippen molar-refractivity contribution in [3.63, 3.8) is 0 Å². The van der Waals surface area contributed by atoms with Crippen molar-refractivity contribution in [3.8, 4) is 0 Å². The maximum absolute atomic E-state index is 7.42. The highest BCUT2D eigenvalue weighted by Crippen LogP contribution is 2.05. The van der Waals surface area contributed by atoms with Gasteiger partial charge in [-0.1, -0.05) is 23.4 Å². The fourth-order valence-corrected chi connectivity index (χ4v) is 0.961. The summed E-state index contributed by atoms with van der Waals surface area (Å²) in [5, 5.41) is 13.9. The molecule has 0 fully saturated rings. The molecule has 5 heteroatoms. The predicted octanol–water partition coefficient (Wildman–Crippen LogP) is 0.797. The van der Waals surface area contributed by atoms with Crippen LogP contribution in [0.15, 0.2) is 34.6 Å². The largest absolute Gasteiger partial charge is 0.326 e. The monoisotopic (exact) mass is 177 g/mol. The first-order valence-corrected chi connectivity index (χ1v) is 3.76. The highest BCUT2D eigenvalue weighted by atomic mass is 15.3. The molecule has 68 valence electrons. The van der Waals surface area contributed by atoms with Crippen LogP contribution < -0.4 is 11.6 Å². The van der Waals surface area contributed by atoms with Gasteiger partial charge in [0.1, 0.15) is 0 Å². The number of benzene rings is 1. The predicted molar refractivity (Wildman–Crippen MR) is 50.2 cm³/mol. The first kappa shape index (κ1) is 9.34. The van der Waals surface area contributed by atoms with Crippen LogP contribution in [-0.4, -0.2) is 5.84 Å². The van der Waals surface area contributed by atoms with E-state index in [0.29, 0.717) is 12.1 Å². The van der Waals surface area contributed by atoms with Crippen molar-refractivity contribution >= 4 is 5.84 Å². The molecule has 0 radical (unpaired) electrons. The minimum absolute atomic E-state index is 0.0396. The molecule has 0 saturated carbocycles. The molecule has 13 heavy (non-hydrogen) atoms. The average Bonchev–Trinajstić information content (AvgIpc) is 2.18. The Morgan fingerprint density at radius 1 is 1.46 bits per heavy atom. The molecule has 1 rings (SSSR count). The van der Waals surface area contributed by atoms with Gasteiger partial charge in [-0.3, -0.25) is 5.41 Å². The quantitative estimate of drug-likeness (QED) is 0.204. The van der Waals surface area contributed by atoms with Crippen molar-refractivity contribution in [1.29, 1.82) is 5.41 Å². The molecule has 0 aliphatic heterocycles. The summed E-state index contributed by atoms with van der Waals surface area (Å²) >= 11 is 0. The molecule has 0 aliphatic carbocycles. The van der Waals surface area contributed by atoms with E-state index in [1.165, 1.54) is 0 Å². The zero-order valence-electron chi connectivity index (χ0n) is 7.07. The second-order valence-electron chi connectivity index (χ2n) is 2.47. The molecule has 0 saturated heterocycles. The van der Waals surface area contributed by atoms with E-state index in [2.05, 4.69) is 10.3 Å². The average molecular weight is 177 g/mol. The normalized spacial score (nSPS) is 10.5. The molecular formula is C8H11N5. The van der Waals surface area contributed by atoms with E-state index >= 15 is 0 Å². The second kappa shape index (κ2) is 4.32. The standard InChI is InChI=1S/C8H11N5/c9-5-6-2-1-3-7(4-6)8(10)12-13-11/h1-4H,5,9H2,(H3,10,11,12). The van der Waals surface area contributed by atoms with Gasteiger partial charge in [0.2, 0.25) is 0 Å². The molecule has 0 aromatic heterocycles. The number of nitrogens with two attached hydrogens (primary N) is 2. The van der Waals surface area contributed by atoms with Gasteiger partial charge in [-0.2, -0.15) is 0 Å². The van der Waals surface area contributed by atoms with E-state index in [-0.39, 0.29) is 5.84 Å². The van der Waals surface area contributed by atoms with Gasteiger partial charge in [-0.25, -0.2) is 0 Å². The Hall–Kier alpha value is -1.75. The third kappa shape index (κ3) is 2.34. The Bertz CT molecular complexity index is 331. The van der Waals surface area contributed by atoms with E-state index in [4.69, 9.17) is 17.0 Å². The Balaban J connectivity index is 2.94. The second-order valence-corrected chi connectivity index (χ2v) is 2.47. The minimum atomic E-state index is 0.0396. The van der Waals surface area contributed by atoms with Crippen LogP contribution in [0.25, 0.3) is 0 Å². The van der Waals surface area contributed by atoms with E-state index in [1.807, 2.05) is 12.1 Å². The summed E-state index contributed by atoms with van der Waals surface area (Å²) in [4.78, 5) is 0. The molecule has 1 aromatic carbocycles. The molecule has 5 nitrogen and oxygen atoms in total. The molecule has 5 N–H and O–H groups in total. The number of hydrogen-bond acceptors (Lipinski definition) is 3. The summed E-state index contributed by atoms with van der Waals surface area (Å²) in [6.07, 6.45) is 0. The summed E-state index contributed by atoms with van der Waals surface area (Å²) in [6.45, 7) is 0.445. The fourth-order valence-electron chi connectivity index (χ4n) is 0.961. The summed E-state index contributed by atoms with van der Waals surface area (Å²) < 4.78 is 0. The number of nitrogens with one attached hydrogen (secondary N) is 1. The maximum atomic E-state index is 7.42. The zero-order valence-corrected chi connectivity index (χ0v) is 7.07. The van der Waals surface area contributed by atoms with E-state index in [1.54, 1.807) is 12.1 Å². The summed E-state index contributed by atoms with van der Waals surface area (Å²) in [5.74, 6) is 4.87. The number of hydrogen-bond donors (Lipinski definition) is 3. The van der Waals surface area contributed by atoms with Crippen LogP contribution in [0.4, 0.5) is 0 Å². The van der Waals surface area contributed by atoms with Crippen molar-refractivity contribution < 1.29 is 0 Å². The first-order valence-electron chi connectivity index (χ1n) is 3.76. The van der Waals surface area contributed by atoms with Crippen molar-refractivity contribution in [3.05, 3.63) is 35.4 Å². The molecule has 0 spiro atoms. The third-order valence-corrected chi connectivity index (χ3v) is 1.59. The van der Waals surface area contributed by atoms with Gasteiger partial charge in [-0.15, -0.1) is 5.11 Å². The van der Waals surface area contributed by atoms with Crippen LogP contribution in [0, 0.1) is 5.41 Å². The first-order chi connectivity index (χ1) is 6.27. The van der Waals surface area contributed by atoms with Gasteiger partial charge in [-0.05, 0) is 11.6 Å². The zero-order chi connectivity index (χ0) is 9.68. The van der Waals surface area contributed by atoms with E-state index in [0.717, 1.165) is 5.56 Å². The lowest BCUT2D eigenvalue weighted by Gasteiger charge is -1.99. The van der Waals surface area contributed by atoms with Gasteiger partial charge in [0, 0.05) is 12.1 Å².